The fourth-order valence-electron chi connectivity index (χ4n) is 3.19. The van der Waals surface area contributed by atoms with Gasteiger partial charge in [0.25, 0.3) is 11.8 Å². The topological polar surface area (TPSA) is 80.6 Å². The number of hydrogen-bond donors (Lipinski definition) is 2. The minimum atomic E-state index is -0.326. The van der Waals surface area contributed by atoms with E-state index in [9.17, 15) is 9.59 Å². The van der Waals surface area contributed by atoms with Gasteiger partial charge >= 0.3 is 0 Å². The molecule has 1 fully saturated rings. The predicted molar refractivity (Wildman–Crippen MR) is 105 cm³/mol. The van der Waals surface area contributed by atoms with Crippen molar-refractivity contribution in [2.24, 2.45) is 0 Å². The van der Waals surface area contributed by atoms with Gasteiger partial charge in [0.2, 0.25) is 0 Å². The Morgan fingerprint density at radius 3 is 2.81 bits per heavy atom. The van der Waals surface area contributed by atoms with Gasteiger partial charge in [0, 0.05) is 13.2 Å². The van der Waals surface area contributed by atoms with Gasteiger partial charge in [0.15, 0.2) is 5.76 Å². The van der Waals surface area contributed by atoms with E-state index in [-0.39, 0.29) is 17.6 Å². The van der Waals surface area contributed by atoms with E-state index >= 15 is 0 Å². The zero-order valence-electron chi connectivity index (χ0n) is 15.6. The molecule has 0 unspecified atom stereocenters. The van der Waals surface area contributed by atoms with Crippen molar-refractivity contribution in [3.63, 3.8) is 0 Å². The average Bonchev–Trinajstić information content (AvgIpc) is 3.32. The molecule has 0 saturated heterocycles. The number of carbonyl (C=O) groups is 2. The fourth-order valence-corrected chi connectivity index (χ4v) is 4.17. The van der Waals surface area contributed by atoms with E-state index in [2.05, 4.69) is 10.6 Å². The number of amides is 2. The first kappa shape index (κ1) is 19.6. The molecular formula is C20H26N2O4S. The second-order valence-corrected chi connectivity index (χ2v) is 7.85. The number of nitrogens with one attached hydrogen (secondary N) is 2. The summed E-state index contributed by atoms with van der Waals surface area (Å²) >= 11 is 1.26. The van der Waals surface area contributed by atoms with Gasteiger partial charge in [-0.15, -0.1) is 11.3 Å². The van der Waals surface area contributed by atoms with Crippen LogP contribution >= 0.6 is 11.3 Å². The van der Waals surface area contributed by atoms with E-state index < -0.39 is 0 Å². The maximum atomic E-state index is 12.4. The molecule has 2 aromatic heterocycles. The van der Waals surface area contributed by atoms with Gasteiger partial charge in [-0.25, -0.2) is 0 Å². The summed E-state index contributed by atoms with van der Waals surface area (Å²) in [6, 6.07) is 5.05. The fraction of sp³-hybridized carbons (Fsp3) is 0.500. The van der Waals surface area contributed by atoms with Crippen LogP contribution in [0.5, 0.6) is 0 Å². The molecule has 2 heterocycles. The van der Waals surface area contributed by atoms with Crippen LogP contribution in [-0.4, -0.2) is 31.1 Å². The second-order valence-electron chi connectivity index (χ2n) is 6.79. The summed E-state index contributed by atoms with van der Waals surface area (Å²) in [6.45, 7) is 3.12. The van der Waals surface area contributed by atoms with Crippen molar-refractivity contribution >= 4 is 28.2 Å². The Morgan fingerprint density at radius 1 is 1.26 bits per heavy atom. The number of rotatable bonds is 8. The highest BCUT2D eigenvalue weighted by molar-refractivity contribution is 7.18. The molecule has 1 aliphatic rings. The van der Waals surface area contributed by atoms with Crippen LogP contribution in [0.25, 0.3) is 0 Å². The second kappa shape index (κ2) is 9.71. The minimum Gasteiger partial charge on any atom is -0.459 e. The summed E-state index contributed by atoms with van der Waals surface area (Å²) < 4.78 is 10.9. The van der Waals surface area contributed by atoms with E-state index in [1.54, 1.807) is 18.2 Å². The number of aryl methyl sites for hydroxylation is 1. The number of anilines is 1. The number of hydrogen-bond acceptors (Lipinski definition) is 5. The first-order valence-electron chi connectivity index (χ1n) is 9.48. The molecule has 7 heteroatoms. The summed E-state index contributed by atoms with van der Waals surface area (Å²) in [5, 5.41) is 6.32. The zero-order valence-corrected chi connectivity index (χ0v) is 16.4. The first-order valence-corrected chi connectivity index (χ1v) is 10.3. The molecule has 6 nitrogen and oxygen atoms in total. The quantitative estimate of drug-likeness (QED) is 0.656. The van der Waals surface area contributed by atoms with Gasteiger partial charge in [-0.05, 0) is 49.9 Å². The van der Waals surface area contributed by atoms with E-state index in [0.29, 0.717) is 29.1 Å². The number of ether oxygens (including phenoxy) is 1. The molecule has 2 aromatic rings. The summed E-state index contributed by atoms with van der Waals surface area (Å²) in [4.78, 5) is 25.0. The normalized spacial score (nSPS) is 14.9. The Morgan fingerprint density at radius 2 is 2.07 bits per heavy atom. The molecule has 0 spiro atoms. The van der Waals surface area contributed by atoms with Crippen LogP contribution in [0.15, 0.2) is 28.9 Å². The number of furan rings is 1. The van der Waals surface area contributed by atoms with Gasteiger partial charge < -0.3 is 19.8 Å². The van der Waals surface area contributed by atoms with E-state index in [1.165, 1.54) is 36.9 Å². The summed E-state index contributed by atoms with van der Waals surface area (Å²) in [6.07, 6.45) is 8.81. The highest BCUT2D eigenvalue weighted by atomic mass is 32.1. The smallest absolute Gasteiger partial charge is 0.291 e. The van der Waals surface area contributed by atoms with Gasteiger partial charge in [-0.3, -0.25) is 9.59 Å². The standard InChI is InChI=1S/C20H26N2O4S/c1-14-13-17(22-19(23)16-9-5-11-26-16)27-18(14)20(24)21-10-6-12-25-15-7-3-2-4-8-15/h5,9,11,13,15H,2-4,6-8,10,12H2,1H3,(H,21,24)(H,22,23). The SMILES string of the molecule is Cc1cc(NC(=O)c2ccco2)sc1C(=O)NCCCOC1CCCCC1. The molecule has 3 rings (SSSR count). The maximum absolute atomic E-state index is 12.4. The van der Waals surface area contributed by atoms with E-state index in [4.69, 9.17) is 9.15 Å². The summed E-state index contributed by atoms with van der Waals surface area (Å²) in [7, 11) is 0. The van der Waals surface area contributed by atoms with Crippen LogP contribution in [0.3, 0.4) is 0 Å². The summed E-state index contributed by atoms with van der Waals surface area (Å²) in [5.41, 5.74) is 0.839. The summed E-state index contributed by atoms with van der Waals surface area (Å²) in [5.74, 6) is -0.202. The lowest BCUT2D eigenvalue weighted by molar-refractivity contribution is 0.0273. The third-order valence-corrected chi connectivity index (χ3v) is 5.77. The Kier molecular flexibility index (Phi) is 7.06. The van der Waals surface area contributed by atoms with Crippen molar-refractivity contribution in [3.8, 4) is 0 Å². The monoisotopic (exact) mass is 390 g/mol. The zero-order chi connectivity index (χ0) is 19.1. The lowest BCUT2D eigenvalue weighted by Gasteiger charge is -2.21. The number of carbonyl (C=O) groups excluding carboxylic acids is 2. The van der Waals surface area contributed by atoms with Gasteiger partial charge in [-0.2, -0.15) is 0 Å². The Labute approximate surface area is 163 Å². The molecule has 0 aliphatic heterocycles. The van der Waals surface area contributed by atoms with Crippen LogP contribution < -0.4 is 10.6 Å². The first-order chi connectivity index (χ1) is 13.1. The minimum absolute atomic E-state index is 0.117. The third kappa shape index (κ3) is 5.68. The van der Waals surface area contributed by atoms with Crippen LogP contribution in [0, 0.1) is 6.92 Å². The molecule has 146 valence electrons. The Hall–Kier alpha value is -2.12. The van der Waals surface area contributed by atoms with Crippen molar-refractivity contribution in [3.05, 3.63) is 40.7 Å². The molecule has 0 bridgehead atoms. The highest BCUT2D eigenvalue weighted by Crippen LogP contribution is 2.27. The predicted octanol–water partition coefficient (Wildman–Crippen LogP) is 4.37. The molecular weight excluding hydrogens is 364 g/mol. The van der Waals surface area contributed by atoms with Crippen LogP contribution in [-0.2, 0) is 4.74 Å². The van der Waals surface area contributed by atoms with Gasteiger partial charge in [0.1, 0.15) is 0 Å². The van der Waals surface area contributed by atoms with Crippen molar-refractivity contribution < 1.29 is 18.7 Å². The molecule has 0 radical (unpaired) electrons. The highest BCUT2D eigenvalue weighted by Gasteiger charge is 2.17. The Balaban J connectivity index is 1.41. The lowest BCUT2D eigenvalue weighted by atomic mass is 9.98. The lowest BCUT2D eigenvalue weighted by Crippen LogP contribution is -2.26. The molecule has 2 amide bonds. The van der Waals surface area contributed by atoms with Crippen molar-refractivity contribution in [1.29, 1.82) is 0 Å². The molecule has 1 aliphatic carbocycles. The van der Waals surface area contributed by atoms with Crippen molar-refractivity contribution in [2.45, 2.75) is 51.6 Å². The van der Waals surface area contributed by atoms with Crippen LogP contribution in [0.4, 0.5) is 5.00 Å². The number of thiophene rings is 1. The average molecular weight is 391 g/mol. The van der Waals surface area contributed by atoms with Crippen LogP contribution in [0.2, 0.25) is 0 Å². The van der Waals surface area contributed by atoms with E-state index in [0.717, 1.165) is 24.8 Å². The van der Waals surface area contributed by atoms with E-state index in [1.807, 2.05) is 6.92 Å². The molecule has 27 heavy (non-hydrogen) atoms. The van der Waals surface area contributed by atoms with Gasteiger partial charge in [-0.1, -0.05) is 19.3 Å². The van der Waals surface area contributed by atoms with Crippen LogP contribution in [0.1, 0.15) is 64.3 Å². The molecule has 2 N–H and O–H groups in total. The largest absolute Gasteiger partial charge is 0.459 e. The Bertz CT molecular complexity index is 748. The molecule has 0 aromatic carbocycles. The molecule has 0 atom stereocenters. The third-order valence-electron chi connectivity index (χ3n) is 4.62. The maximum Gasteiger partial charge on any atom is 0.291 e. The van der Waals surface area contributed by atoms with Crippen molar-refractivity contribution in [1.82, 2.24) is 5.32 Å². The van der Waals surface area contributed by atoms with Crippen molar-refractivity contribution in [2.75, 3.05) is 18.5 Å². The van der Waals surface area contributed by atoms with Gasteiger partial charge in [0.05, 0.1) is 22.2 Å². The molecule has 1 saturated carbocycles.